The van der Waals surface area contributed by atoms with Gasteiger partial charge in [-0.25, -0.2) is 0 Å². The minimum absolute atomic E-state index is 0.401. The van der Waals surface area contributed by atoms with E-state index in [1.807, 2.05) is 31.2 Å². The first-order valence-electron chi connectivity index (χ1n) is 4.87. The zero-order chi connectivity index (χ0) is 11.1. The minimum Gasteiger partial charge on any atom is -0.390 e. The van der Waals surface area contributed by atoms with Gasteiger partial charge in [0.2, 0.25) is 0 Å². The Morgan fingerprint density at radius 3 is 2.87 bits per heavy atom. The van der Waals surface area contributed by atoms with Crippen LogP contribution >= 0.6 is 27.7 Å². The normalized spacial score (nSPS) is 12.7. The molecular formula is C11H15BrO2S. The van der Waals surface area contributed by atoms with Crippen molar-refractivity contribution in [1.82, 2.24) is 0 Å². The number of aliphatic hydroxyl groups is 1. The number of benzene rings is 1. The largest absolute Gasteiger partial charge is 0.390 e. The van der Waals surface area contributed by atoms with E-state index in [9.17, 15) is 5.11 Å². The van der Waals surface area contributed by atoms with Crippen molar-refractivity contribution in [2.75, 3.05) is 19.0 Å². The summed E-state index contributed by atoms with van der Waals surface area (Å²) >= 11 is 5.09. The molecule has 0 aliphatic rings. The van der Waals surface area contributed by atoms with Crippen LogP contribution in [0.4, 0.5) is 0 Å². The van der Waals surface area contributed by atoms with Gasteiger partial charge in [0, 0.05) is 21.7 Å². The zero-order valence-corrected chi connectivity index (χ0v) is 11.1. The second-order valence-electron chi connectivity index (χ2n) is 3.05. The maximum absolute atomic E-state index is 9.57. The second-order valence-corrected chi connectivity index (χ2v) is 4.97. The number of thioether (sulfide) groups is 1. The third-order valence-electron chi connectivity index (χ3n) is 1.78. The lowest BCUT2D eigenvalue weighted by molar-refractivity contribution is 0.0551. The van der Waals surface area contributed by atoms with Crippen LogP contribution in [-0.2, 0) is 4.74 Å². The summed E-state index contributed by atoms with van der Waals surface area (Å²) in [5.41, 5.74) is 0. The Bertz CT molecular complexity index is 294. The number of rotatable bonds is 6. The molecule has 1 N–H and O–H groups in total. The fraction of sp³-hybridized carbons (Fsp3) is 0.455. The minimum atomic E-state index is -0.401. The summed E-state index contributed by atoms with van der Waals surface area (Å²) in [5, 5.41) is 9.57. The predicted octanol–water partition coefficient (Wildman–Crippen LogP) is 2.94. The van der Waals surface area contributed by atoms with Gasteiger partial charge in [0.25, 0.3) is 0 Å². The molecule has 2 nitrogen and oxygen atoms in total. The summed E-state index contributed by atoms with van der Waals surface area (Å²) in [6.07, 6.45) is -0.401. The van der Waals surface area contributed by atoms with Crippen LogP contribution in [0.3, 0.4) is 0 Å². The van der Waals surface area contributed by atoms with E-state index in [0.29, 0.717) is 19.0 Å². The molecule has 0 bridgehead atoms. The molecule has 0 fully saturated rings. The van der Waals surface area contributed by atoms with Gasteiger partial charge in [-0.05, 0) is 35.0 Å². The molecule has 0 radical (unpaired) electrons. The molecule has 4 heteroatoms. The van der Waals surface area contributed by atoms with Crippen molar-refractivity contribution in [1.29, 1.82) is 0 Å². The molecule has 1 atom stereocenters. The van der Waals surface area contributed by atoms with Crippen molar-refractivity contribution in [2.24, 2.45) is 0 Å². The van der Waals surface area contributed by atoms with Gasteiger partial charge in [0.05, 0.1) is 12.7 Å². The molecule has 0 aromatic heterocycles. The first kappa shape index (κ1) is 13.0. The summed E-state index contributed by atoms with van der Waals surface area (Å²) < 4.78 is 6.21. The molecule has 1 unspecified atom stereocenters. The molecule has 84 valence electrons. The molecule has 0 saturated carbocycles. The molecule has 0 spiro atoms. The topological polar surface area (TPSA) is 29.5 Å². The third-order valence-corrected chi connectivity index (χ3v) is 3.95. The van der Waals surface area contributed by atoms with Crippen molar-refractivity contribution >= 4 is 27.7 Å². The molecule has 0 aliphatic carbocycles. The van der Waals surface area contributed by atoms with Crippen molar-refractivity contribution in [3.8, 4) is 0 Å². The van der Waals surface area contributed by atoms with Crippen molar-refractivity contribution in [3.05, 3.63) is 28.7 Å². The Morgan fingerprint density at radius 2 is 2.20 bits per heavy atom. The average Bonchev–Trinajstić information content (AvgIpc) is 2.25. The van der Waals surface area contributed by atoms with Gasteiger partial charge < -0.3 is 9.84 Å². The highest BCUT2D eigenvalue weighted by Gasteiger charge is 2.06. The molecule has 1 aromatic rings. The first-order valence-corrected chi connectivity index (χ1v) is 6.65. The second kappa shape index (κ2) is 7.28. The quantitative estimate of drug-likeness (QED) is 0.817. The molecule has 0 amide bonds. The Labute approximate surface area is 103 Å². The summed E-state index contributed by atoms with van der Waals surface area (Å²) in [7, 11) is 0. The van der Waals surface area contributed by atoms with E-state index >= 15 is 0 Å². The maximum atomic E-state index is 9.57. The van der Waals surface area contributed by atoms with E-state index in [2.05, 4.69) is 15.9 Å². The smallest absolute Gasteiger partial charge is 0.0867 e. The number of ether oxygens (including phenoxy) is 1. The molecule has 15 heavy (non-hydrogen) atoms. The first-order chi connectivity index (χ1) is 7.24. The Balaban J connectivity index is 2.33. The zero-order valence-electron chi connectivity index (χ0n) is 8.65. The van der Waals surface area contributed by atoms with Crippen LogP contribution in [0, 0.1) is 0 Å². The van der Waals surface area contributed by atoms with Gasteiger partial charge in [0.15, 0.2) is 0 Å². The SMILES string of the molecule is CCOCC(O)CSc1ccccc1Br. The summed E-state index contributed by atoms with van der Waals surface area (Å²) in [6.45, 7) is 2.98. The lowest BCUT2D eigenvalue weighted by atomic mass is 10.4. The van der Waals surface area contributed by atoms with E-state index in [0.717, 1.165) is 9.37 Å². The number of halogens is 1. The highest BCUT2D eigenvalue weighted by atomic mass is 79.9. The van der Waals surface area contributed by atoms with Gasteiger partial charge in [-0.1, -0.05) is 12.1 Å². The lowest BCUT2D eigenvalue weighted by Crippen LogP contribution is -2.17. The molecule has 1 rings (SSSR count). The molecule has 0 heterocycles. The number of hydrogen-bond donors (Lipinski definition) is 1. The van der Waals surface area contributed by atoms with Crippen molar-refractivity contribution < 1.29 is 9.84 Å². The van der Waals surface area contributed by atoms with E-state index in [1.165, 1.54) is 0 Å². The summed E-state index contributed by atoms with van der Waals surface area (Å²) in [4.78, 5) is 1.15. The molecule has 0 aliphatic heterocycles. The van der Waals surface area contributed by atoms with Crippen LogP contribution < -0.4 is 0 Å². The van der Waals surface area contributed by atoms with Crippen LogP contribution in [0.25, 0.3) is 0 Å². The summed E-state index contributed by atoms with van der Waals surface area (Å²) in [6, 6.07) is 7.99. The molecule has 0 saturated heterocycles. The predicted molar refractivity (Wildman–Crippen MR) is 67.4 cm³/mol. The van der Waals surface area contributed by atoms with Gasteiger partial charge in [0.1, 0.15) is 0 Å². The third kappa shape index (κ3) is 5.02. The maximum Gasteiger partial charge on any atom is 0.0867 e. The Hall–Kier alpha value is -0.0300. The summed E-state index contributed by atoms with van der Waals surface area (Å²) in [5.74, 6) is 0.655. The van der Waals surface area contributed by atoms with Crippen LogP contribution in [0.2, 0.25) is 0 Å². The van der Waals surface area contributed by atoms with E-state index in [1.54, 1.807) is 11.8 Å². The van der Waals surface area contributed by atoms with Crippen LogP contribution in [0.5, 0.6) is 0 Å². The van der Waals surface area contributed by atoms with E-state index < -0.39 is 6.10 Å². The monoisotopic (exact) mass is 290 g/mol. The Kier molecular flexibility index (Phi) is 6.32. The number of aliphatic hydroxyl groups excluding tert-OH is 1. The number of hydrogen-bond acceptors (Lipinski definition) is 3. The van der Waals surface area contributed by atoms with Gasteiger partial charge in [-0.2, -0.15) is 0 Å². The van der Waals surface area contributed by atoms with Crippen LogP contribution in [0.1, 0.15) is 6.92 Å². The molecular weight excluding hydrogens is 276 g/mol. The van der Waals surface area contributed by atoms with Crippen molar-refractivity contribution in [3.63, 3.8) is 0 Å². The Morgan fingerprint density at radius 1 is 1.47 bits per heavy atom. The van der Waals surface area contributed by atoms with Gasteiger partial charge >= 0.3 is 0 Å². The van der Waals surface area contributed by atoms with Crippen LogP contribution in [-0.4, -0.2) is 30.2 Å². The lowest BCUT2D eigenvalue weighted by Gasteiger charge is -2.10. The van der Waals surface area contributed by atoms with E-state index in [4.69, 9.17) is 4.74 Å². The van der Waals surface area contributed by atoms with Crippen LogP contribution in [0.15, 0.2) is 33.6 Å². The fourth-order valence-corrected chi connectivity index (χ4v) is 2.53. The van der Waals surface area contributed by atoms with Gasteiger partial charge in [-0.15, -0.1) is 11.8 Å². The highest BCUT2D eigenvalue weighted by molar-refractivity contribution is 9.10. The van der Waals surface area contributed by atoms with Gasteiger partial charge in [-0.3, -0.25) is 0 Å². The molecule has 1 aromatic carbocycles. The van der Waals surface area contributed by atoms with E-state index in [-0.39, 0.29) is 0 Å². The highest BCUT2D eigenvalue weighted by Crippen LogP contribution is 2.27. The fourth-order valence-electron chi connectivity index (χ4n) is 1.05. The standard InChI is InChI=1S/C11H15BrO2S/c1-2-14-7-9(13)8-15-11-6-4-3-5-10(11)12/h3-6,9,13H,2,7-8H2,1H3. The average molecular weight is 291 g/mol. The van der Waals surface area contributed by atoms with Crippen molar-refractivity contribution in [2.45, 2.75) is 17.9 Å².